The molecule has 0 fully saturated rings. The van der Waals surface area contributed by atoms with Gasteiger partial charge in [-0.2, -0.15) is 0 Å². The first-order chi connectivity index (χ1) is 10.7. The van der Waals surface area contributed by atoms with Gasteiger partial charge in [-0.1, -0.05) is 19.1 Å². The minimum Gasteiger partial charge on any atom is -0.492 e. The summed E-state index contributed by atoms with van der Waals surface area (Å²) in [6, 6.07) is 7.57. The number of hydrogen-bond acceptors (Lipinski definition) is 3. The van der Waals surface area contributed by atoms with Gasteiger partial charge in [0.1, 0.15) is 5.75 Å². The first kappa shape index (κ1) is 15.1. The van der Waals surface area contributed by atoms with Crippen molar-refractivity contribution in [1.29, 1.82) is 0 Å². The summed E-state index contributed by atoms with van der Waals surface area (Å²) in [7, 11) is 0. The zero-order valence-electron chi connectivity index (χ0n) is 13.0. The van der Waals surface area contributed by atoms with Crippen molar-refractivity contribution in [3.63, 3.8) is 0 Å². The molecule has 22 heavy (non-hydrogen) atoms. The number of carbonyl (C=O) groups excluding carboxylic acids is 1. The number of fused-ring (bicyclic) bond motifs is 1. The van der Waals surface area contributed by atoms with Gasteiger partial charge in [0.15, 0.2) is 0 Å². The summed E-state index contributed by atoms with van der Waals surface area (Å²) in [6.45, 7) is 4.80. The third-order valence-corrected chi connectivity index (χ3v) is 5.13. The monoisotopic (exact) mass is 315 g/mol. The van der Waals surface area contributed by atoms with Crippen molar-refractivity contribution in [2.45, 2.75) is 33.1 Å². The van der Waals surface area contributed by atoms with E-state index in [4.69, 9.17) is 4.74 Å². The third-order valence-electron chi connectivity index (χ3n) is 4.08. The van der Waals surface area contributed by atoms with Crippen LogP contribution in [0.15, 0.2) is 29.6 Å². The molecule has 1 N–H and O–H groups in total. The summed E-state index contributed by atoms with van der Waals surface area (Å²) >= 11 is 1.72. The van der Waals surface area contributed by atoms with Crippen molar-refractivity contribution < 1.29 is 9.53 Å². The highest BCUT2D eigenvalue weighted by Crippen LogP contribution is 2.33. The normalized spacial score (nSPS) is 16.9. The highest BCUT2D eigenvalue weighted by Gasteiger charge is 2.23. The van der Waals surface area contributed by atoms with Crippen LogP contribution in [0.4, 0.5) is 5.69 Å². The lowest BCUT2D eigenvalue weighted by Gasteiger charge is -2.19. The number of para-hydroxylation sites is 2. The van der Waals surface area contributed by atoms with Gasteiger partial charge in [0.2, 0.25) is 0 Å². The topological polar surface area (TPSA) is 38.3 Å². The zero-order valence-corrected chi connectivity index (χ0v) is 13.8. The van der Waals surface area contributed by atoms with Gasteiger partial charge in [-0.3, -0.25) is 4.79 Å². The van der Waals surface area contributed by atoms with Gasteiger partial charge in [0.05, 0.1) is 17.9 Å². The molecule has 0 saturated carbocycles. The van der Waals surface area contributed by atoms with E-state index in [9.17, 15) is 4.79 Å². The summed E-state index contributed by atoms with van der Waals surface area (Å²) in [5.74, 6) is 1.41. The van der Waals surface area contributed by atoms with Crippen LogP contribution in [0.25, 0.3) is 0 Å². The van der Waals surface area contributed by atoms with Crippen molar-refractivity contribution >= 4 is 22.9 Å². The number of anilines is 1. The van der Waals surface area contributed by atoms with Crippen molar-refractivity contribution in [2.24, 2.45) is 5.92 Å². The van der Waals surface area contributed by atoms with E-state index in [1.807, 2.05) is 36.6 Å². The number of rotatable bonds is 4. The Morgan fingerprint density at radius 1 is 1.41 bits per heavy atom. The summed E-state index contributed by atoms with van der Waals surface area (Å²) < 4.78 is 5.57. The fourth-order valence-corrected chi connectivity index (χ4v) is 4.15. The number of ether oxygens (including phenoxy) is 1. The molecule has 1 aromatic heterocycles. The van der Waals surface area contributed by atoms with E-state index in [0.717, 1.165) is 35.8 Å². The van der Waals surface area contributed by atoms with E-state index in [0.29, 0.717) is 6.61 Å². The van der Waals surface area contributed by atoms with Crippen molar-refractivity contribution in [1.82, 2.24) is 0 Å². The Kier molecular flexibility index (Phi) is 4.48. The Labute approximate surface area is 135 Å². The average molecular weight is 315 g/mol. The summed E-state index contributed by atoms with van der Waals surface area (Å²) in [4.78, 5) is 14.0. The van der Waals surface area contributed by atoms with Crippen molar-refractivity contribution in [3.8, 4) is 5.75 Å². The SMILES string of the molecule is CCOc1ccccc1NC(=O)c1csc2c1CC[C@H](C)C2. The second-order valence-corrected chi connectivity index (χ2v) is 6.75. The molecule has 3 rings (SSSR count). The van der Waals surface area contributed by atoms with E-state index >= 15 is 0 Å². The Morgan fingerprint density at radius 2 is 2.23 bits per heavy atom. The predicted octanol–water partition coefficient (Wildman–Crippen LogP) is 4.52. The van der Waals surface area contributed by atoms with Gasteiger partial charge < -0.3 is 10.1 Å². The molecule has 0 unspecified atom stereocenters. The van der Waals surface area contributed by atoms with Gasteiger partial charge >= 0.3 is 0 Å². The van der Waals surface area contributed by atoms with Crippen LogP contribution < -0.4 is 10.1 Å². The first-order valence-corrected chi connectivity index (χ1v) is 8.69. The molecule has 0 radical (unpaired) electrons. The lowest BCUT2D eigenvalue weighted by atomic mass is 9.88. The minimum absolute atomic E-state index is 0.0285. The van der Waals surface area contributed by atoms with Crippen LogP contribution in [-0.2, 0) is 12.8 Å². The van der Waals surface area contributed by atoms with Crippen LogP contribution in [-0.4, -0.2) is 12.5 Å². The number of carbonyl (C=O) groups is 1. The van der Waals surface area contributed by atoms with E-state index < -0.39 is 0 Å². The number of hydrogen-bond donors (Lipinski definition) is 1. The van der Waals surface area contributed by atoms with Crippen LogP contribution >= 0.6 is 11.3 Å². The maximum absolute atomic E-state index is 12.6. The van der Waals surface area contributed by atoms with Gasteiger partial charge in [0, 0.05) is 10.3 Å². The zero-order chi connectivity index (χ0) is 15.5. The maximum Gasteiger partial charge on any atom is 0.256 e. The molecular formula is C18H21NO2S. The lowest BCUT2D eigenvalue weighted by molar-refractivity contribution is 0.102. The average Bonchev–Trinajstić information content (AvgIpc) is 2.92. The van der Waals surface area contributed by atoms with Crippen LogP contribution in [0.3, 0.4) is 0 Å². The molecule has 0 aliphatic heterocycles. The summed E-state index contributed by atoms with van der Waals surface area (Å²) in [6.07, 6.45) is 3.28. The molecule has 1 aliphatic carbocycles. The summed E-state index contributed by atoms with van der Waals surface area (Å²) in [5.41, 5.74) is 2.81. The highest BCUT2D eigenvalue weighted by molar-refractivity contribution is 7.10. The first-order valence-electron chi connectivity index (χ1n) is 7.81. The third kappa shape index (κ3) is 3.02. The van der Waals surface area contributed by atoms with Crippen molar-refractivity contribution in [2.75, 3.05) is 11.9 Å². The molecule has 1 aliphatic rings. The number of thiophene rings is 1. The van der Waals surface area contributed by atoms with Crippen LogP contribution in [0.2, 0.25) is 0 Å². The van der Waals surface area contributed by atoms with Crippen LogP contribution in [0, 0.1) is 5.92 Å². The molecular weight excluding hydrogens is 294 g/mol. The second-order valence-electron chi connectivity index (χ2n) is 5.78. The van der Waals surface area contributed by atoms with E-state index in [-0.39, 0.29) is 5.91 Å². The number of nitrogens with one attached hydrogen (secondary N) is 1. The quantitative estimate of drug-likeness (QED) is 0.900. The standard InChI is InChI=1S/C18H21NO2S/c1-3-21-16-7-5-4-6-15(16)19-18(20)14-11-22-17-10-12(2)8-9-13(14)17/h4-7,11-12H,3,8-10H2,1-2H3,(H,19,20)/t12-/m0/s1. The highest BCUT2D eigenvalue weighted by atomic mass is 32.1. The number of benzene rings is 1. The minimum atomic E-state index is -0.0285. The Balaban J connectivity index is 1.81. The molecule has 3 nitrogen and oxygen atoms in total. The molecule has 4 heteroatoms. The van der Waals surface area contributed by atoms with E-state index in [1.54, 1.807) is 11.3 Å². The van der Waals surface area contributed by atoms with Crippen LogP contribution in [0.5, 0.6) is 5.75 Å². The Bertz CT molecular complexity index is 677. The van der Waals surface area contributed by atoms with Crippen molar-refractivity contribution in [3.05, 3.63) is 45.6 Å². The van der Waals surface area contributed by atoms with Gasteiger partial charge in [-0.25, -0.2) is 0 Å². The largest absolute Gasteiger partial charge is 0.492 e. The summed E-state index contributed by atoms with van der Waals surface area (Å²) in [5, 5.41) is 5.00. The molecule has 0 saturated heterocycles. The molecule has 1 heterocycles. The van der Waals surface area contributed by atoms with Gasteiger partial charge in [-0.05, 0) is 49.8 Å². The second kappa shape index (κ2) is 6.53. The molecule has 1 amide bonds. The van der Waals surface area contributed by atoms with Gasteiger partial charge in [-0.15, -0.1) is 11.3 Å². The molecule has 0 bridgehead atoms. The fraction of sp³-hybridized carbons (Fsp3) is 0.389. The fourth-order valence-electron chi connectivity index (χ4n) is 2.91. The smallest absolute Gasteiger partial charge is 0.256 e. The van der Waals surface area contributed by atoms with E-state index in [2.05, 4.69) is 12.2 Å². The number of amides is 1. The maximum atomic E-state index is 12.6. The van der Waals surface area contributed by atoms with Gasteiger partial charge in [0.25, 0.3) is 5.91 Å². The predicted molar refractivity (Wildman–Crippen MR) is 91.1 cm³/mol. The molecule has 0 spiro atoms. The molecule has 1 aromatic carbocycles. The molecule has 1 atom stereocenters. The Morgan fingerprint density at radius 3 is 3.05 bits per heavy atom. The Hall–Kier alpha value is -1.81. The molecule has 2 aromatic rings. The molecule has 116 valence electrons. The van der Waals surface area contributed by atoms with Crippen LogP contribution in [0.1, 0.15) is 41.1 Å². The lowest BCUT2D eigenvalue weighted by Crippen LogP contribution is -2.17. The van der Waals surface area contributed by atoms with E-state index in [1.165, 1.54) is 16.9 Å².